The molecule has 0 bridgehead atoms. The molecule has 0 heterocycles. The second-order valence-electron chi connectivity index (χ2n) is 9.66. The van der Waals surface area contributed by atoms with E-state index in [9.17, 15) is 18.4 Å². The number of nitrogens with one attached hydrogen (secondary N) is 1. The van der Waals surface area contributed by atoms with Gasteiger partial charge >= 0.3 is 0 Å². The van der Waals surface area contributed by atoms with Crippen LogP contribution in [0.15, 0.2) is 41.3 Å². The monoisotopic (exact) mass is 478 g/mol. The molecule has 0 aromatic heterocycles. The summed E-state index contributed by atoms with van der Waals surface area (Å²) in [6, 6.07) is 9.55. The zero-order valence-corrected chi connectivity index (χ0v) is 21.4. The number of rotatable bonds is 12. The molecule has 33 heavy (non-hydrogen) atoms. The summed E-state index contributed by atoms with van der Waals surface area (Å²) in [6.07, 6.45) is 1.52. The lowest BCUT2D eigenvalue weighted by Gasteiger charge is -2.32. The van der Waals surface area contributed by atoms with Gasteiger partial charge in [0.25, 0.3) is 5.91 Å². The van der Waals surface area contributed by atoms with Crippen LogP contribution in [-0.2, 0) is 14.8 Å². The number of hydrogen-bond donors (Lipinski definition) is 2. The number of ether oxygens (including phenoxy) is 1. The normalized spacial score (nSPS) is 13.3. The van der Waals surface area contributed by atoms with Crippen LogP contribution in [0.4, 0.5) is 0 Å². The van der Waals surface area contributed by atoms with Gasteiger partial charge in [0, 0.05) is 6.54 Å². The molecule has 2 N–H and O–H groups in total. The van der Waals surface area contributed by atoms with Crippen LogP contribution < -0.4 is 10.2 Å². The van der Waals surface area contributed by atoms with E-state index in [1.807, 2.05) is 32.0 Å². The summed E-state index contributed by atoms with van der Waals surface area (Å²) in [4.78, 5) is 12.5. The lowest BCUT2D eigenvalue weighted by atomic mass is 10.0. The average Bonchev–Trinajstić information content (AvgIpc) is 2.74. The summed E-state index contributed by atoms with van der Waals surface area (Å²) in [5.41, 5.74) is 1.64. The van der Waals surface area contributed by atoms with E-state index in [4.69, 9.17) is 4.74 Å². The molecular weight excluding hydrogens is 440 g/mol. The van der Waals surface area contributed by atoms with Crippen LogP contribution in [0.1, 0.15) is 54.4 Å². The Balaban J connectivity index is 2.47. The number of amides is 1. The van der Waals surface area contributed by atoms with Gasteiger partial charge in [0.2, 0.25) is 10.0 Å². The highest BCUT2D eigenvalue weighted by molar-refractivity contribution is 7.89. The highest BCUT2D eigenvalue weighted by atomic mass is 32.2. The highest BCUT2D eigenvalue weighted by Gasteiger charge is 2.37. The summed E-state index contributed by atoms with van der Waals surface area (Å²) in [7, 11) is -4.01. The first kappa shape index (κ1) is 27.1. The van der Waals surface area contributed by atoms with Gasteiger partial charge in [-0.3, -0.25) is 10.0 Å². The molecule has 0 radical (unpaired) electrons. The van der Waals surface area contributed by atoms with E-state index < -0.39 is 22.0 Å². The first-order valence-corrected chi connectivity index (χ1v) is 13.0. The Hall–Kier alpha value is -2.16. The molecule has 0 spiro atoms. The van der Waals surface area contributed by atoms with E-state index in [2.05, 4.69) is 13.8 Å². The van der Waals surface area contributed by atoms with Crippen molar-refractivity contribution >= 4 is 26.7 Å². The van der Waals surface area contributed by atoms with Crippen molar-refractivity contribution in [2.45, 2.75) is 65.3 Å². The Morgan fingerprint density at radius 2 is 1.61 bits per heavy atom. The Labute approximate surface area is 198 Å². The van der Waals surface area contributed by atoms with Crippen LogP contribution in [0.3, 0.4) is 0 Å². The number of nitrogens with zero attached hydrogens (tertiary/aromatic N) is 1. The van der Waals surface area contributed by atoms with E-state index in [0.29, 0.717) is 24.7 Å². The van der Waals surface area contributed by atoms with Crippen molar-refractivity contribution < 1.29 is 23.2 Å². The molecule has 1 unspecified atom stereocenters. The van der Waals surface area contributed by atoms with Gasteiger partial charge in [-0.05, 0) is 65.6 Å². The minimum atomic E-state index is -4.01. The number of sulfonamides is 1. The maximum absolute atomic E-state index is 13.7. The predicted molar refractivity (Wildman–Crippen MR) is 131 cm³/mol. The largest absolute Gasteiger partial charge is 0.494 e. The smallest absolute Gasteiger partial charge is 0.262 e. The zero-order valence-electron chi connectivity index (χ0n) is 20.5. The number of hydrogen-bond acceptors (Lipinski definition) is 5. The quantitative estimate of drug-likeness (QED) is 0.336. The molecule has 0 saturated carbocycles. The minimum absolute atomic E-state index is 0.106. The second kappa shape index (κ2) is 11.8. The molecule has 0 aliphatic heterocycles. The van der Waals surface area contributed by atoms with Crippen LogP contribution in [0, 0.1) is 17.8 Å². The van der Waals surface area contributed by atoms with Crippen molar-refractivity contribution in [1.29, 1.82) is 0 Å². The van der Waals surface area contributed by atoms with Crippen molar-refractivity contribution in [2.75, 3.05) is 13.2 Å². The summed E-state index contributed by atoms with van der Waals surface area (Å²) in [5, 5.41) is 10.9. The van der Waals surface area contributed by atoms with Crippen molar-refractivity contribution in [2.24, 2.45) is 17.8 Å². The fourth-order valence-corrected chi connectivity index (χ4v) is 5.40. The van der Waals surface area contributed by atoms with E-state index in [-0.39, 0.29) is 23.3 Å². The van der Waals surface area contributed by atoms with Gasteiger partial charge in [0.1, 0.15) is 11.8 Å². The second-order valence-corrected chi connectivity index (χ2v) is 11.6. The van der Waals surface area contributed by atoms with Gasteiger partial charge in [0.15, 0.2) is 0 Å². The lowest BCUT2D eigenvalue weighted by molar-refractivity contribution is -0.134. The SMILES string of the molecule is CC(C)CCOc1ccc2ccc(S(=O)(=O)N(CCC(C)C)C(C(=O)NO)C(C)C)cc2c1. The van der Waals surface area contributed by atoms with Crippen molar-refractivity contribution in [3.63, 3.8) is 0 Å². The number of benzene rings is 2. The first-order valence-electron chi connectivity index (χ1n) is 11.6. The lowest BCUT2D eigenvalue weighted by Crippen LogP contribution is -2.52. The number of hydroxylamine groups is 1. The summed E-state index contributed by atoms with van der Waals surface area (Å²) < 4.78 is 34.5. The van der Waals surface area contributed by atoms with Crippen molar-refractivity contribution in [1.82, 2.24) is 9.79 Å². The van der Waals surface area contributed by atoms with Crippen LogP contribution in [0.2, 0.25) is 0 Å². The van der Waals surface area contributed by atoms with E-state index in [1.54, 1.807) is 37.5 Å². The maximum atomic E-state index is 13.7. The number of fused-ring (bicyclic) bond motifs is 1. The van der Waals surface area contributed by atoms with Crippen LogP contribution in [-0.4, -0.2) is 43.0 Å². The maximum Gasteiger partial charge on any atom is 0.262 e. The highest BCUT2D eigenvalue weighted by Crippen LogP contribution is 2.28. The van der Waals surface area contributed by atoms with Crippen molar-refractivity contribution in [3.8, 4) is 5.75 Å². The van der Waals surface area contributed by atoms with Gasteiger partial charge < -0.3 is 4.74 Å². The fourth-order valence-electron chi connectivity index (χ4n) is 3.63. The number of carbonyl (C=O) groups is 1. The van der Waals surface area contributed by atoms with Gasteiger partial charge in [-0.15, -0.1) is 0 Å². The molecule has 1 amide bonds. The Morgan fingerprint density at radius 3 is 2.18 bits per heavy atom. The van der Waals surface area contributed by atoms with E-state index in [1.165, 1.54) is 4.31 Å². The summed E-state index contributed by atoms with van der Waals surface area (Å²) in [5.74, 6) is 0.396. The fraction of sp³-hybridized carbons (Fsp3) is 0.560. The molecule has 0 aliphatic rings. The summed E-state index contributed by atoms with van der Waals surface area (Å²) in [6.45, 7) is 12.6. The molecule has 0 fully saturated rings. The molecule has 0 aliphatic carbocycles. The third-order valence-electron chi connectivity index (χ3n) is 5.60. The Kier molecular flexibility index (Phi) is 9.70. The third-order valence-corrected chi connectivity index (χ3v) is 7.48. The van der Waals surface area contributed by atoms with Gasteiger partial charge in [0.05, 0.1) is 11.5 Å². The zero-order chi connectivity index (χ0) is 24.8. The predicted octanol–water partition coefficient (Wildman–Crippen LogP) is 4.83. The molecule has 0 saturated heterocycles. The minimum Gasteiger partial charge on any atom is -0.494 e. The topological polar surface area (TPSA) is 95.9 Å². The first-order chi connectivity index (χ1) is 15.5. The Morgan fingerprint density at radius 1 is 0.970 bits per heavy atom. The van der Waals surface area contributed by atoms with Gasteiger partial charge in [-0.25, -0.2) is 13.9 Å². The molecule has 2 aromatic rings. The summed E-state index contributed by atoms with van der Waals surface area (Å²) >= 11 is 0. The van der Waals surface area contributed by atoms with E-state index >= 15 is 0 Å². The number of carbonyl (C=O) groups excluding carboxylic acids is 1. The van der Waals surface area contributed by atoms with Crippen LogP contribution >= 0.6 is 0 Å². The molecule has 8 heteroatoms. The van der Waals surface area contributed by atoms with Crippen molar-refractivity contribution in [3.05, 3.63) is 36.4 Å². The van der Waals surface area contributed by atoms with Gasteiger partial charge in [-0.2, -0.15) is 4.31 Å². The van der Waals surface area contributed by atoms with Gasteiger partial charge in [-0.1, -0.05) is 53.7 Å². The van der Waals surface area contributed by atoms with E-state index in [0.717, 1.165) is 17.2 Å². The molecular formula is C25H38N2O5S. The third kappa shape index (κ3) is 7.16. The molecule has 2 aromatic carbocycles. The molecule has 1 atom stereocenters. The Bertz CT molecular complexity index is 1030. The molecule has 7 nitrogen and oxygen atoms in total. The average molecular weight is 479 g/mol. The van der Waals surface area contributed by atoms with Crippen LogP contribution in [0.25, 0.3) is 10.8 Å². The molecule has 2 rings (SSSR count). The standard InChI is InChI=1S/C25H38N2O5S/c1-17(2)11-13-27(24(19(5)6)25(28)26-29)33(30,31)23-10-8-20-7-9-22(15-21(20)16-23)32-14-12-18(3)4/h7-10,15-19,24,29H,11-14H2,1-6H3,(H,26,28). The van der Waals surface area contributed by atoms with Crippen LogP contribution in [0.5, 0.6) is 5.75 Å². The molecule has 184 valence electrons.